The van der Waals surface area contributed by atoms with Crippen LogP contribution in [0.2, 0.25) is 0 Å². The number of carbonyl (C=O) groups excluding carboxylic acids is 2. The quantitative estimate of drug-likeness (QED) is 0.414. The summed E-state index contributed by atoms with van der Waals surface area (Å²) in [7, 11) is 0. The van der Waals surface area contributed by atoms with Crippen LogP contribution in [-0.2, 0) is 29.1 Å². The molecule has 1 saturated carbocycles. The van der Waals surface area contributed by atoms with Gasteiger partial charge in [-0.2, -0.15) is 0 Å². The minimum Gasteiger partial charge on any atom is -0.391 e. The molecule has 0 spiro atoms. The van der Waals surface area contributed by atoms with Crippen molar-refractivity contribution in [3.63, 3.8) is 0 Å². The molecule has 0 bridgehead atoms. The number of carbonyl (C=O) groups is 2. The lowest BCUT2D eigenvalue weighted by molar-refractivity contribution is -0.144. The summed E-state index contributed by atoms with van der Waals surface area (Å²) in [6.07, 6.45) is 9.07. The highest BCUT2D eigenvalue weighted by molar-refractivity contribution is 5.90. The standard InChI is InChI=1S/C29H39N7O3/c1-29(2,3)26(36-19-23(32-33-36)21-11-12-21)28(39)35-18-22(37)16-24(35)27(38)31-17-25-30-13-15-34(25)14-7-10-20-8-5-4-6-9-20/h4-6,8-9,13,15,19,21-22,24,26,37H,7,10-12,14,16-18H2,1-3H3,(H,31,38)/t22-,24+,26-/m1/s1. The van der Waals surface area contributed by atoms with E-state index in [1.54, 1.807) is 10.9 Å². The molecule has 208 valence electrons. The predicted molar refractivity (Wildman–Crippen MR) is 145 cm³/mol. The average molecular weight is 534 g/mol. The first-order chi connectivity index (χ1) is 18.7. The van der Waals surface area contributed by atoms with E-state index in [4.69, 9.17) is 0 Å². The lowest BCUT2D eigenvalue weighted by Crippen LogP contribution is -2.50. The highest BCUT2D eigenvalue weighted by Crippen LogP contribution is 2.40. The van der Waals surface area contributed by atoms with E-state index in [0.29, 0.717) is 5.92 Å². The van der Waals surface area contributed by atoms with Gasteiger partial charge in [-0.1, -0.05) is 56.3 Å². The van der Waals surface area contributed by atoms with Crippen molar-refractivity contribution in [3.8, 4) is 0 Å². The molecule has 1 aromatic carbocycles. The van der Waals surface area contributed by atoms with E-state index in [9.17, 15) is 14.7 Å². The Kier molecular flexibility index (Phi) is 7.83. The van der Waals surface area contributed by atoms with Gasteiger partial charge in [0.1, 0.15) is 17.9 Å². The van der Waals surface area contributed by atoms with E-state index >= 15 is 0 Å². The van der Waals surface area contributed by atoms with Gasteiger partial charge < -0.3 is 19.9 Å². The van der Waals surface area contributed by atoms with Gasteiger partial charge in [0, 0.05) is 44.0 Å². The normalized spacial score (nSPS) is 20.3. The molecule has 39 heavy (non-hydrogen) atoms. The smallest absolute Gasteiger partial charge is 0.248 e. The van der Waals surface area contributed by atoms with Gasteiger partial charge in [-0.3, -0.25) is 9.59 Å². The van der Waals surface area contributed by atoms with Crippen LogP contribution in [0.3, 0.4) is 0 Å². The molecule has 1 aliphatic carbocycles. The fourth-order valence-electron chi connectivity index (χ4n) is 5.42. The molecule has 2 aromatic heterocycles. The second-order valence-electron chi connectivity index (χ2n) is 11.9. The van der Waals surface area contributed by atoms with Gasteiger partial charge in [0.05, 0.1) is 18.3 Å². The SMILES string of the molecule is CC(C)(C)[C@@H](C(=O)N1C[C@H](O)C[C@H]1C(=O)NCc1nccn1CCCc1ccccc1)n1cc(C2CC2)nn1. The van der Waals surface area contributed by atoms with Crippen LogP contribution in [0.4, 0.5) is 0 Å². The number of rotatable bonds is 10. The van der Waals surface area contributed by atoms with E-state index in [1.165, 1.54) is 10.5 Å². The summed E-state index contributed by atoms with van der Waals surface area (Å²) in [4.78, 5) is 33.2. The van der Waals surface area contributed by atoms with Crippen LogP contribution < -0.4 is 5.32 Å². The summed E-state index contributed by atoms with van der Waals surface area (Å²) in [6, 6.07) is 8.95. The minimum atomic E-state index is -0.761. The summed E-state index contributed by atoms with van der Waals surface area (Å²) < 4.78 is 3.69. The lowest BCUT2D eigenvalue weighted by Gasteiger charge is -2.34. The number of aryl methyl sites for hydroxylation is 2. The van der Waals surface area contributed by atoms with Gasteiger partial charge >= 0.3 is 0 Å². The van der Waals surface area contributed by atoms with E-state index in [1.807, 2.05) is 55.9 Å². The van der Waals surface area contributed by atoms with Crippen molar-refractivity contribution in [2.45, 2.75) is 90.1 Å². The maximum Gasteiger partial charge on any atom is 0.248 e. The van der Waals surface area contributed by atoms with E-state index in [0.717, 1.165) is 43.7 Å². The first-order valence-corrected chi connectivity index (χ1v) is 13.9. The topological polar surface area (TPSA) is 118 Å². The molecule has 2 fully saturated rings. The lowest BCUT2D eigenvalue weighted by atomic mass is 9.85. The highest BCUT2D eigenvalue weighted by atomic mass is 16.3. The molecule has 1 saturated heterocycles. The molecule has 3 aromatic rings. The zero-order valence-electron chi connectivity index (χ0n) is 23.0. The first-order valence-electron chi connectivity index (χ1n) is 13.9. The number of benzene rings is 1. The molecular formula is C29H39N7O3. The summed E-state index contributed by atoms with van der Waals surface area (Å²) >= 11 is 0. The molecule has 5 rings (SSSR count). The number of β-amino-alcohol motifs (C(OH)–C–C–N with tert-alkyl or cyclic N) is 1. The van der Waals surface area contributed by atoms with Crippen LogP contribution in [-0.4, -0.2) is 65.1 Å². The molecular weight excluding hydrogens is 494 g/mol. The van der Waals surface area contributed by atoms with Crippen LogP contribution in [0.15, 0.2) is 48.9 Å². The van der Waals surface area contributed by atoms with E-state index in [-0.39, 0.29) is 31.3 Å². The van der Waals surface area contributed by atoms with Crippen molar-refractivity contribution in [1.82, 2.24) is 34.8 Å². The van der Waals surface area contributed by atoms with Gasteiger partial charge in [0.15, 0.2) is 0 Å². The number of nitrogens with zero attached hydrogens (tertiary/aromatic N) is 6. The molecule has 3 atom stereocenters. The molecule has 1 aliphatic heterocycles. The van der Waals surface area contributed by atoms with Crippen molar-refractivity contribution in [3.05, 3.63) is 66.0 Å². The van der Waals surface area contributed by atoms with Gasteiger partial charge in [-0.05, 0) is 36.7 Å². The fraction of sp³-hybridized carbons (Fsp3) is 0.552. The number of imidazole rings is 1. The molecule has 3 heterocycles. The van der Waals surface area contributed by atoms with Crippen LogP contribution in [0, 0.1) is 5.41 Å². The third-order valence-electron chi connectivity index (χ3n) is 7.64. The molecule has 10 heteroatoms. The third kappa shape index (κ3) is 6.38. The van der Waals surface area contributed by atoms with Crippen molar-refractivity contribution in [2.75, 3.05) is 6.54 Å². The van der Waals surface area contributed by atoms with Gasteiger partial charge in [-0.15, -0.1) is 5.10 Å². The summed E-state index contributed by atoms with van der Waals surface area (Å²) in [5.41, 5.74) is 1.73. The zero-order chi connectivity index (χ0) is 27.6. The number of aliphatic hydroxyl groups excluding tert-OH is 1. The molecule has 2 aliphatic rings. The monoisotopic (exact) mass is 533 g/mol. The summed E-state index contributed by atoms with van der Waals surface area (Å²) in [5.74, 6) is 0.667. The number of likely N-dealkylation sites (tertiary alicyclic amines) is 1. The number of amides is 2. The van der Waals surface area contributed by atoms with Crippen LogP contribution in [0.1, 0.15) is 75.5 Å². The van der Waals surface area contributed by atoms with E-state index < -0.39 is 23.6 Å². The predicted octanol–water partition coefficient (Wildman–Crippen LogP) is 2.85. The Morgan fingerprint density at radius 1 is 1.18 bits per heavy atom. The number of aromatic nitrogens is 5. The van der Waals surface area contributed by atoms with Gasteiger partial charge in [0.25, 0.3) is 0 Å². The molecule has 10 nitrogen and oxygen atoms in total. The molecule has 2 N–H and O–H groups in total. The Bertz CT molecular complexity index is 1280. The number of aliphatic hydroxyl groups is 1. The van der Waals surface area contributed by atoms with Crippen molar-refractivity contribution in [2.24, 2.45) is 5.41 Å². The summed E-state index contributed by atoms with van der Waals surface area (Å²) in [5, 5.41) is 22.0. The van der Waals surface area contributed by atoms with Crippen molar-refractivity contribution >= 4 is 11.8 Å². The minimum absolute atomic E-state index is 0.113. The van der Waals surface area contributed by atoms with Gasteiger partial charge in [-0.25, -0.2) is 9.67 Å². The zero-order valence-corrected chi connectivity index (χ0v) is 23.0. The third-order valence-corrected chi connectivity index (χ3v) is 7.64. The second kappa shape index (κ2) is 11.3. The molecule has 0 radical (unpaired) electrons. The molecule has 0 unspecified atom stereocenters. The Hall–Kier alpha value is -3.53. The van der Waals surface area contributed by atoms with Crippen LogP contribution in [0.5, 0.6) is 0 Å². The maximum absolute atomic E-state index is 13.9. The Morgan fingerprint density at radius 2 is 1.95 bits per heavy atom. The Morgan fingerprint density at radius 3 is 2.67 bits per heavy atom. The Labute approximate surface area is 229 Å². The number of hydrogen-bond acceptors (Lipinski definition) is 6. The fourth-order valence-corrected chi connectivity index (χ4v) is 5.42. The van der Waals surface area contributed by atoms with Crippen LogP contribution >= 0.6 is 0 Å². The van der Waals surface area contributed by atoms with Crippen molar-refractivity contribution in [1.29, 1.82) is 0 Å². The highest BCUT2D eigenvalue weighted by Gasteiger charge is 2.45. The largest absolute Gasteiger partial charge is 0.391 e. The number of hydrogen-bond donors (Lipinski definition) is 2. The van der Waals surface area contributed by atoms with Gasteiger partial charge in [0.2, 0.25) is 11.8 Å². The van der Waals surface area contributed by atoms with Crippen molar-refractivity contribution < 1.29 is 14.7 Å². The summed E-state index contributed by atoms with van der Waals surface area (Å²) in [6.45, 7) is 7.10. The average Bonchev–Trinajstić information content (AvgIpc) is 3.27. The number of nitrogens with one attached hydrogen (secondary N) is 1. The molecule has 2 amide bonds. The van der Waals surface area contributed by atoms with Crippen LogP contribution in [0.25, 0.3) is 0 Å². The second-order valence-corrected chi connectivity index (χ2v) is 11.9. The first kappa shape index (κ1) is 27.1. The van der Waals surface area contributed by atoms with E-state index in [2.05, 4.69) is 32.7 Å². The maximum atomic E-state index is 13.9. The Balaban J connectivity index is 1.22.